The minimum absolute atomic E-state index is 0.0917. The number of Topliss-reactive ketones (excluding diaryl/α,β-unsaturated/α-hetero) is 1. The van der Waals surface area contributed by atoms with Crippen LogP contribution >= 0.6 is 0 Å². The minimum atomic E-state index is -0.916. The van der Waals surface area contributed by atoms with E-state index in [9.17, 15) is 18.7 Å². The van der Waals surface area contributed by atoms with Gasteiger partial charge in [-0.2, -0.15) is 0 Å². The molecule has 4 rings (SSSR count). The molecule has 30 heavy (non-hydrogen) atoms. The van der Waals surface area contributed by atoms with Crippen LogP contribution in [0.25, 0.3) is 10.9 Å². The fraction of sp³-hybridized carbons (Fsp3) is 0.160. The second kappa shape index (κ2) is 8.11. The summed E-state index contributed by atoms with van der Waals surface area (Å²) in [6, 6.07) is 18.7. The molecule has 1 aromatic heterocycles. The van der Waals surface area contributed by atoms with Crippen molar-refractivity contribution >= 4 is 16.7 Å². The topological polar surface area (TPSA) is 42.2 Å². The first-order valence-electron chi connectivity index (χ1n) is 9.77. The molecule has 0 bridgehead atoms. The zero-order valence-electron chi connectivity index (χ0n) is 16.5. The lowest BCUT2D eigenvalue weighted by Crippen LogP contribution is -2.06. The van der Waals surface area contributed by atoms with Gasteiger partial charge in [0.15, 0.2) is 17.4 Å². The first-order chi connectivity index (χ1) is 14.4. The molecule has 0 aliphatic rings. The van der Waals surface area contributed by atoms with Gasteiger partial charge in [0.25, 0.3) is 0 Å². The van der Waals surface area contributed by atoms with Gasteiger partial charge in [-0.1, -0.05) is 36.4 Å². The Balaban J connectivity index is 1.68. The van der Waals surface area contributed by atoms with E-state index in [1.165, 1.54) is 6.07 Å². The van der Waals surface area contributed by atoms with Crippen LogP contribution in [0.2, 0.25) is 0 Å². The highest BCUT2D eigenvalue weighted by atomic mass is 19.2. The first kappa shape index (κ1) is 19.8. The molecular formula is C25H21F2NO2. The quantitative estimate of drug-likeness (QED) is 0.412. The van der Waals surface area contributed by atoms with Crippen LogP contribution in [0.3, 0.4) is 0 Å². The maximum absolute atomic E-state index is 13.5. The normalized spacial score (nSPS) is 11.2. The number of hydrogen-bond acceptors (Lipinski definition) is 2. The highest BCUT2D eigenvalue weighted by Gasteiger charge is 2.20. The lowest BCUT2D eigenvalue weighted by Gasteiger charge is -2.09. The number of carbonyl (C=O) groups is 1. The van der Waals surface area contributed by atoms with Crippen molar-refractivity contribution in [2.24, 2.45) is 0 Å². The molecule has 1 N–H and O–H groups in total. The van der Waals surface area contributed by atoms with Crippen molar-refractivity contribution in [1.29, 1.82) is 0 Å². The lowest BCUT2D eigenvalue weighted by atomic mass is 10.00. The summed E-state index contributed by atoms with van der Waals surface area (Å²) in [6.07, 6.45) is 0.464. The summed E-state index contributed by atoms with van der Waals surface area (Å²) in [5, 5.41) is 10.7. The number of benzene rings is 3. The molecule has 1 heterocycles. The number of ketones is 1. The number of phenolic OH excluding ortho intramolecular Hbond substituents is 1. The van der Waals surface area contributed by atoms with E-state index in [0.717, 1.165) is 28.9 Å². The molecule has 0 saturated heterocycles. The van der Waals surface area contributed by atoms with Crippen molar-refractivity contribution in [1.82, 2.24) is 4.57 Å². The van der Waals surface area contributed by atoms with E-state index in [0.29, 0.717) is 29.5 Å². The molecule has 3 aromatic carbocycles. The number of aryl methyl sites for hydroxylation is 1. The largest absolute Gasteiger partial charge is 0.508 e. The highest BCUT2D eigenvalue weighted by Crippen LogP contribution is 2.31. The predicted octanol–water partition coefficient (Wildman–Crippen LogP) is 5.80. The first-order valence-corrected chi connectivity index (χ1v) is 9.77. The maximum atomic E-state index is 13.5. The Morgan fingerprint density at radius 1 is 0.933 bits per heavy atom. The monoisotopic (exact) mass is 405 g/mol. The van der Waals surface area contributed by atoms with E-state index in [-0.39, 0.29) is 18.0 Å². The van der Waals surface area contributed by atoms with Gasteiger partial charge >= 0.3 is 0 Å². The molecule has 0 aliphatic carbocycles. The fourth-order valence-corrected chi connectivity index (χ4v) is 3.87. The molecular weight excluding hydrogens is 384 g/mol. The van der Waals surface area contributed by atoms with Crippen molar-refractivity contribution in [2.45, 2.75) is 26.3 Å². The predicted molar refractivity (Wildman–Crippen MR) is 113 cm³/mol. The van der Waals surface area contributed by atoms with Gasteiger partial charge in [-0.15, -0.1) is 0 Å². The maximum Gasteiger partial charge on any atom is 0.165 e. The van der Waals surface area contributed by atoms with Gasteiger partial charge in [0.2, 0.25) is 0 Å². The van der Waals surface area contributed by atoms with E-state index in [1.807, 2.05) is 43.3 Å². The third-order valence-electron chi connectivity index (χ3n) is 5.39. The third kappa shape index (κ3) is 3.83. The molecule has 0 spiro atoms. The van der Waals surface area contributed by atoms with Gasteiger partial charge in [0.05, 0.1) is 0 Å². The average Bonchev–Trinajstić information content (AvgIpc) is 3.00. The Labute approximate surface area is 173 Å². The Kier molecular flexibility index (Phi) is 5.36. The number of phenols is 1. The third-order valence-corrected chi connectivity index (χ3v) is 5.39. The molecule has 0 unspecified atom stereocenters. The van der Waals surface area contributed by atoms with Gasteiger partial charge < -0.3 is 9.67 Å². The van der Waals surface area contributed by atoms with Crippen LogP contribution in [0, 0.1) is 18.6 Å². The van der Waals surface area contributed by atoms with Crippen LogP contribution in [0.4, 0.5) is 8.78 Å². The SMILES string of the molecule is Cc1c(C(=O)CCc2ccc(F)c(F)c2)c2cc(O)ccc2n1Cc1ccccc1. The molecule has 0 radical (unpaired) electrons. The fourth-order valence-electron chi connectivity index (χ4n) is 3.87. The molecule has 0 aliphatic heterocycles. The van der Waals surface area contributed by atoms with Crippen LogP contribution in [0.15, 0.2) is 66.7 Å². The number of hydrogen-bond donors (Lipinski definition) is 1. The van der Waals surface area contributed by atoms with Crippen LogP contribution in [-0.4, -0.2) is 15.5 Å². The van der Waals surface area contributed by atoms with Gasteiger partial charge in [-0.25, -0.2) is 8.78 Å². The molecule has 3 nitrogen and oxygen atoms in total. The van der Waals surface area contributed by atoms with Crippen molar-refractivity contribution < 1.29 is 18.7 Å². The van der Waals surface area contributed by atoms with Crippen LogP contribution < -0.4 is 0 Å². The van der Waals surface area contributed by atoms with Crippen molar-refractivity contribution in [3.63, 3.8) is 0 Å². The number of nitrogens with zero attached hydrogens (tertiary/aromatic N) is 1. The second-order valence-corrected chi connectivity index (χ2v) is 7.41. The van der Waals surface area contributed by atoms with Crippen LogP contribution in [0.5, 0.6) is 5.75 Å². The molecule has 0 amide bonds. The van der Waals surface area contributed by atoms with Gasteiger partial charge in [0, 0.05) is 35.1 Å². The minimum Gasteiger partial charge on any atom is -0.508 e. The molecule has 152 valence electrons. The van der Waals surface area contributed by atoms with E-state index in [2.05, 4.69) is 4.57 Å². The highest BCUT2D eigenvalue weighted by molar-refractivity contribution is 6.09. The van der Waals surface area contributed by atoms with Crippen LogP contribution in [0.1, 0.15) is 33.6 Å². The Morgan fingerprint density at radius 2 is 1.70 bits per heavy atom. The summed E-state index contributed by atoms with van der Waals surface area (Å²) in [5.74, 6) is -1.82. The Bertz CT molecular complexity index is 1230. The number of halogens is 2. The Morgan fingerprint density at radius 3 is 2.43 bits per heavy atom. The van der Waals surface area contributed by atoms with Gasteiger partial charge in [-0.05, 0) is 54.8 Å². The van der Waals surface area contributed by atoms with Gasteiger partial charge in [0.1, 0.15) is 5.75 Å². The van der Waals surface area contributed by atoms with E-state index < -0.39 is 11.6 Å². The summed E-state index contributed by atoms with van der Waals surface area (Å²) in [5.41, 5.74) is 3.90. The van der Waals surface area contributed by atoms with Crippen LogP contribution in [-0.2, 0) is 13.0 Å². The van der Waals surface area contributed by atoms with Crippen molar-refractivity contribution in [3.05, 3.63) is 101 Å². The van der Waals surface area contributed by atoms with Crippen molar-refractivity contribution in [3.8, 4) is 5.75 Å². The average molecular weight is 405 g/mol. The zero-order chi connectivity index (χ0) is 21.3. The summed E-state index contributed by atoms with van der Waals surface area (Å²) in [4.78, 5) is 13.1. The second-order valence-electron chi connectivity index (χ2n) is 7.41. The number of aromatic hydroxyl groups is 1. The molecule has 0 fully saturated rings. The molecule has 4 aromatic rings. The number of carbonyl (C=O) groups excluding carboxylic acids is 1. The molecule has 0 saturated carbocycles. The Hall–Kier alpha value is -3.47. The molecule has 5 heteroatoms. The summed E-state index contributed by atoms with van der Waals surface area (Å²) < 4.78 is 28.7. The standard InChI is InChI=1S/C25H21F2NO2/c1-16-25(24(30)12-8-17-7-10-21(26)22(27)13-17)20-14-19(29)9-11-23(20)28(16)15-18-5-3-2-4-6-18/h2-7,9-11,13-14,29H,8,12,15H2,1H3. The lowest BCUT2D eigenvalue weighted by molar-refractivity contribution is 0.0983. The zero-order valence-corrected chi connectivity index (χ0v) is 16.5. The summed E-state index contributed by atoms with van der Waals surface area (Å²) in [6.45, 7) is 2.50. The number of rotatable bonds is 6. The summed E-state index contributed by atoms with van der Waals surface area (Å²) in [7, 11) is 0. The summed E-state index contributed by atoms with van der Waals surface area (Å²) >= 11 is 0. The van der Waals surface area contributed by atoms with E-state index in [1.54, 1.807) is 12.1 Å². The van der Waals surface area contributed by atoms with E-state index in [4.69, 9.17) is 0 Å². The number of fused-ring (bicyclic) bond motifs is 1. The smallest absolute Gasteiger partial charge is 0.165 e. The van der Waals surface area contributed by atoms with Crippen molar-refractivity contribution in [2.75, 3.05) is 0 Å². The van der Waals surface area contributed by atoms with E-state index >= 15 is 0 Å². The molecule has 0 atom stereocenters. The number of aromatic nitrogens is 1. The van der Waals surface area contributed by atoms with Gasteiger partial charge in [-0.3, -0.25) is 4.79 Å².